The van der Waals surface area contributed by atoms with Gasteiger partial charge in [-0.2, -0.15) is 13.2 Å². The largest absolute Gasteiger partial charge is 0.496 e. The minimum Gasteiger partial charge on any atom is -0.496 e. The van der Waals surface area contributed by atoms with E-state index in [-0.39, 0.29) is 30.7 Å². The second-order valence-corrected chi connectivity index (χ2v) is 15.7. The number of carbonyl (C=O) groups is 2. The van der Waals surface area contributed by atoms with E-state index in [2.05, 4.69) is 10.2 Å². The molecule has 302 valence electrons. The van der Waals surface area contributed by atoms with Gasteiger partial charge >= 0.3 is 12.1 Å². The fraction of sp³-hybridized carbons (Fsp3) is 0.432. The third-order valence-electron chi connectivity index (χ3n) is 12.1. The van der Waals surface area contributed by atoms with E-state index in [4.69, 9.17) is 9.72 Å². The van der Waals surface area contributed by atoms with Gasteiger partial charge in [0, 0.05) is 62.6 Å². The Kier molecular flexibility index (Phi) is 11.6. The van der Waals surface area contributed by atoms with E-state index in [0.717, 1.165) is 83.9 Å². The first kappa shape index (κ1) is 40.2. The van der Waals surface area contributed by atoms with Crippen molar-refractivity contribution in [2.45, 2.75) is 83.8 Å². The highest BCUT2D eigenvalue weighted by Gasteiger charge is 2.35. The molecule has 3 aromatic carbocycles. The number of nitrogens with zero attached hydrogens (tertiary/aromatic N) is 4. The number of hydrogen-bond donors (Lipinski definition) is 3. The molecule has 7 rings (SSSR count). The number of benzene rings is 3. The second-order valence-electron chi connectivity index (χ2n) is 15.7. The Morgan fingerprint density at radius 2 is 1.67 bits per heavy atom. The number of rotatable bonds is 10. The number of nitrogens with one attached hydrogen (secondary N) is 1. The predicted octanol–water partition coefficient (Wildman–Crippen LogP) is 7.72. The van der Waals surface area contributed by atoms with Crippen molar-refractivity contribution in [3.8, 4) is 16.9 Å². The number of aromatic nitrogens is 2. The molecule has 1 saturated heterocycles. The number of carbonyl (C=O) groups excluding carboxylic acids is 1. The van der Waals surface area contributed by atoms with Crippen molar-refractivity contribution in [1.82, 2.24) is 19.4 Å². The molecule has 2 aliphatic heterocycles. The van der Waals surface area contributed by atoms with Crippen LogP contribution in [0.2, 0.25) is 0 Å². The maximum Gasteiger partial charge on any atom is 0.417 e. The lowest BCUT2D eigenvalue weighted by Crippen LogP contribution is -2.42. The maximum absolute atomic E-state index is 14.5. The number of fused-ring (bicyclic) bond motifs is 1. The van der Waals surface area contributed by atoms with Crippen LogP contribution < -0.4 is 10.1 Å². The molecule has 3 aliphatic rings. The van der Waals surface area contributed by atoms with Crippen LogP contribution >= 0.6 is 0 Å². The number of methoxy groups -OCH3 is 1. The number of likely N-dealkylation sites (tertiary alicyclic amines) is 1. The highest BCUT2D eigenvalue weighted by atomic mass is 19.4. The molecule has 13 heteroatoms. The first-order valence-corrected chi connectivity index (χ1v) is 19.6. The molecule has 2 fully saturated rings. The molecule has 0 spiro atoms. The molecule has 10 nitrogen and oxygen atoms in total. The monoisotopic (exact) mass is 785 g/mol. The molecule has 1 aromatic heterocycles. The van der Waals surface area contributed by atoms with Crippen molar-refractivity contribution in [1.29, 1.82) is 0 Å². The SMILES string of the molecule is COc1cc(/C=C/c2cccc(-c3cccc(NC(=O)c4nc5c(n4C)CCN(C4CCC(O)CC4)C5)c3C)c2C)c(C(F)(F)F)cc1CN1CC[C@@H](C(=O)O)C1. The molecule has 57 heavy (non-hydrogen) atoms. The Morgan fingerprint density at radius 1 is 0.965 bits per heavy atom. The predicted molar refractivity (Wildman–Crippen MR) is 213 cm³/mol. The summed E-state index contributed by atoms with van der Waals surface area (Å²) < 4.78 is 50.9. The number of carboxylic acids is 1. The molecule has 3 N–H and O–H groups in total. The van der Waals surface area contributed by atoms with Crippen molar-refractivity contribution >= 4 is 29.7 Å². The Labute approximate surface area is 331 Å². The number of aliphatic carboxylic acids is 1. The summed E-state index contributed by atoms with van der Waals surface area (Å²) in [4.78, 5) is 34.3. The van der Waals surface area contributed by atoms with Gasteiger partial charge in [0.15, 0.2) is 5.82 Å². The normalized spacial score (nSPS) is 20.5. The van der Waals surface area contributed by atoms with Crippen LogP contribution in [-0.2, 0) is 37.5 Å². The topological polar surface area (TPSA) is 120 Å². The van der Waals surface area contributed by atoms with Crippen LogP contribution in [0.15, 0.2) is 48.5 Å². The molecule has 1 aliphatic carbocycles. The smallest absolute Gasteiger partial charge is 0.417 e. The van der Waals surface area contributed by atoms with Gasteiger partial charge in [-0.05, 0) is 104 Å². The van der Waals surface area contributed by atoms with Crippen LogP contribution in [0.4, 0.5) is 18.9 Å². The lowest BCUT2D eigenvalue weighted by atomic mass is 9.91. The number of ether oxygens (including phenoxy) is 1. The Hall–Kier alpha value is -4.98. The van der Waals surface area contributed by atoms with Crippen LogP contribution in [-0.4, -0.2) is 80.3 Å². The minimum absolute atomic E-state index is 0.0453. The summed E-state index contributed by atoms with van der Waals surface area (Å²) in [7, 11) is 3.30. The highest BCUT2D eigenvalue weighted by molar-refractivity contribution is 6.03. The van der Waals surface area contributed by atoms with E-state index in [1.165, 1.54) is 19.3 Å². The van der Waals surface area contributed by atoms with Gasteiger partial charge < -0.3 is 24.8 Å². The Morgan fingerprint density at radius 3 is 2.35 bits per heavy atom. The zero-order valence-corrected chi connectivity index (χ0v) is 32.8. The van der Waals surface area contributed by atoms with Crippen molar-refractivity contribution in [2.24, 2.45) is 13.0 Å². The summed E-state index contributed by atoms with van der Waals surface area (Å²) in [5.74, 6) is -1.11. The Balaban J connectivity index is 1.10. The van der Waals surface area contributed by atoms with Gasteiger partial charge in [0.25, 0.3) is 5.91 Å². The number of anilines is 1. The first-order chi connectivity index (χ1) is 27.2. The van der Waals surface area contributed by atoms with Crippen LogP contribution in [0.3, 0.4) is 0 Å². The fourth-order valence-electron chi connectivity index (χ4n) is 8.79. The van der Waals surface area contributed by atoms with Crippen molar-refractivity contribution < 1.29 is 37.7 Å². The molecule has 3 heterocycles. The number of hydrogen-bond acceptors (Lipinski definition) is 7. The lowest BCUT2D eigenvalue weighted by molar-refractivity contribution is -0.141. The summed E-state index contributed by atoms with van der Waals surface area (Å²) in [5.41, 5.74) is 6.29. The molecular weight excluding hydrogens is 736 g/mol. The van der Waals surface area contributed by atoms with Gasteiger partial charge in [-0.1, -0.05) is 42.5 Å². The number of halogens is 3. The van der Waals surface area contributed by atoms with Crippen LogP contribution in [0.5, 0.6) is 5.75 Å². The molecule has 1 atom stereocenters. The standard InChI is InChI=1S/C44H50F3N5O5/c1-26-28(11-12-29-22-40(57-4)31(21-36(29)44(45,46)47)24-51-19-17-30(23-51)43(55)56)7-5-8-34(26)35-9-6-10-37(27(35)2)49-42(54)41-48-38-25-52(20-18-39(38)50(41)3)32-13-15-33(53)16-14-32/h5-12,21-22,30,32-33,53H,13-20,23-25H2,1-4H3,(H,49,54)(H,55,56)/b12-11+/t30-,32?,33?/m1/s1. The third-order valence-corrected chi connectivity index (χ3v) is 12.1. The molecule has 0 bridgehead atoms. The fourth-order valence-corrected chi connectivity index (χ4v) is 8.79. The van der Waals surface area contributed by atoms with E-state index in [0.29, 0.717) is 48.4 Å². The maximum atomic E-state index is 14.5. The minimum atomic E-state index is -4.64. The molecule has 4 aromatic rings. The van der Waals surface area contributed by atoms with Crippen LogP contribution in [0.25, 0.3) is 23.3 Å². The van der Waals surface area contributed by atoms with E-state index in [1.54, 1.807) is 6.08 Å². The van der Waals surface area contributed by atoms with Crippen molar-refractivity contribution in [3.63, 3.8) is 0 Å². The van der Waals surface area contributed by atoms with Crippen LogP contribution in [0, 0.1) is 19.8 Å². The summed E-state index contributed by atoms with van der Waals surface area (Å²) in [6.07, 6.45) is 3.08. The summed E-state index contributed by atoms with van der Waals surface area (Å²) in [6.45, 7) is 6.33. The van der Waals surface area contributed by atoms with Gasteiger partial charge in [-0.25, -0.2) is 4.98 Å². The van der Waals surface area contributed by atoms with E-state index < -0.39 is 23.6 Å². The van der Waals surface area contributed by atoms with Crippen LogP contribution in [0.1, 0.15) is 87.5 Å². The van der Waals surface area contributed by atoms with Gasteiger partial charge in [-0.3, -0.25) is 19.4 Å². The summed E-state index contributed by atoms with van der Waals surface area (Å²) in [6, 6.07) is 14.3. The molecular formula is C44H50F3N5O5. The number of imidazole rings is 1. The van der Waals surface area contributed by atoms with E-state index >= 15 is 0 Å². The van der Waals surface area contributed by atoms with Gasteiger partial charge in [-0.15, -0.1) is 0 Å². The quantitative estimate of drug-likeness (QED) is 0.140. The summed E-state index contributed by atoms with van der Waals surface area (Å²) in [5, 5.41) is 22.4. The lowest BCUT2D eigenvalue weighted by Gasteiger charge is -2.37. The van der Waals surface area contributed by atoms with Gasteiger partial charge in [0.05, 0.1) is 30.4 Å². The van der Waals surface area contributed by atoms with Crippen molar-refractivity contribution in [3.05, 3.63) is 99.1 Å². The second kappa shape index (κ2) is 16.5. The average Bonchev–Trinajstić information content (AvgIpc) is 3.79. The first-order valence-electron chi connectivity index (χ1n) is 19.6. The Bertz CT molecular complexity index is 2190. The summed E-state index contributed by atoms with van der Waals surface area (Å²) >= 11 is 0. The molecule has 1 saturated carbocycles. The number of aliphatic hydroxyl groups excluding tert-OH is 1. The zero-order valence-electron chi connectivity index (χ0n) is 32.8. The van der Waals surface area contributed by atoms with Crippen molar-refractivity contribution in [2.75, 3.05) is 32.1 Å². The zero-order chi connectivity index (χ0) is 40.6. The molecule has 0 unspecified atom stereocenters. The average molecular weight is 786 g/mol. The highest BCUT2D eigenvalue weighted by Crippen LogP contribution is 2.39. The molecule has 1 amide bonds. The third kappa shape index (κ3) is 8.51. The van der Waals surface area contributed by atoms with Gasteiger partial charge in [0.2, 0.25) is 0 Å². The van der Waals surface area contributed by atoms with E-state index in [9.17, 15) is 33.0 Å². The number of alkyl halides is 3. The van der Waals surface area contributed by atoms with Gasteiger partial charge in [0.1, 0.15) is 5.75 Å². The van der Waals surface area contributed by atoms with E-state index in [1.807, 2.05) is 66.8 Å². The number of amides is 1. The number of carboxylic acid groups (broad SMARTS) is 1. The number of aliphatic hydroxyl groups is 1. The molecule has 0 radical (unpaired) electrons.